The second-order valence-electron chi connectivity index (χ2n) is 5.68. The van der Waals surface area contributed by atoms with Gasteiger partial charge in [0.1, 0.15) is 0 Å². The minimum absolute atomic E-state index is 0.482. The molecule has 25 heavy (non-hydrogen) atoms. The normalized spacial score (nSPS) is 11.6. The molecule has 4 nitrogen and oxygen atoms in total. The molecule has 0 amide bonds. The number of hydrogen-bond acceptors (Lipinski definition) is 4. The molecule has 130 valence electrons. The Bertz CT molecular complexity index is 779. The van der Waals surface area contributed by atoms with Gasteiger partial charge >= 0.3 is 0 Å². The lowest BCUT2D eigenvalue weighted by atomic mass is 10.1. The molecular weight excluding hydrogens is 348 g/mol. The first-order valence-electron chi connectivity index (χ1n) is 8.33. The Kier molecular flexibility index (Phi) is 6.59. The Balaban J connectivity index is 1.41. The summed E-state index contributed by atoms with van der Waals surface area (Å²) in [5.41, 5.74) is 8.25. The summed E-state index contributed by atoms with van der Waals surface area (Å²) in [7, 11) is 0. The molecule has 1 aromatic carbocycles. The van der Waals surface area contributed by atoms with Crippen molar-refractivity contribution in [2.24, 2.45) is 10.7 Å². The predicted octanol–water partition coefficient (Wildman–Crippen LogP) is 3.64. The Hall–Kier alpha value is -2.18. The van der Waals surface area contributed by atoms with E-state index in [-0.39, 0.29) is 0 Å². The number of nitrogens with one attached hydrogen (secondary N) is 1. The average molecular weight is 371 g/mol. The number of aromatic nitrogens is 1. The summed E-state index contributed by atoms with van der Waals surface area (Å²) in [5.74, 6) is 0.482. The van der Waals surface area contributed by atoms with E-state index in [2.05, 4.69) is 62.5 Å². The molecule has 3 rings (SSSR count). The van der Waals surface area contributed by atoms with Crippen LogP contribution in [0.1, 0.15) is 21.1 Å². The number of rotatable bonds is 8. The van der Waals surface area contributed by atoms with Gasteiger partial charge in [0.25, 0.3) is 0 Å². The van der Waals surface area contributed by atoms with Gasteiger partial charge in [0.05, 0.1) is 17.2 Å². The molecule has 3 aromatic rings. The molecule has 3 N–H and O–H groups in total. The van der Waals surface area contributed by atoms with E-state index in [0.29, 0.717) is 12.5 Å². The van der Waals surface area contributed by atoms with Gasteiger partial charge in [-0.25, -0.2) is 9.98 Å². The molecule has 0 radical (unpaired) electrons. The summed E-state index contributed by atoms with van der Waals surface area (Å²) < 4.78 is 0. The van der Waals surface area contributed by atoms with Crippen LogP contribution in [-0.4, -0.2) is 17.5 Å². The standard InChI is InChI=1S/C19H22N4S2/c20-19(21-11-10-17-7-4-12-24-17)22-13-16-14-25-18(23-16)9-8-15-5-2-1-3-6-15/h1-7,12,14H,8-11,13H2,(H3,20,21,22). The topological polar surface area (TPSA) is 63.3 Å². The van der Waals surface area contributed by atoms with Crippen molar-refractivity contribution in [3.8, 4) is 0 Å². The lowest BCUT2D eigenvalue weighted by molar-refractivity contribution is 0.851. The van der Waals surface area contributed by atoms with Crippen LogP contribution in [0, 0.1) is 0 Å². The van der Waals surface area contributed by atoms with Crippen molar-refractivity contribution in [2.75, 3.05) is 6.54 Å². The average Bonchev–Trinajstić information content (AvgIpc) is 3.31. The van der Waals surface area contributed by atoms with Crippen molar-refractivity contribution in [1.82, 2.24) is 10.3 Å². The van der Waals surface area contributed by atoms with Gasteiger partial charge in [-0.15, -0.1) is 22.7 Å². The third kappa shape index (κ3) is 5.99. The Morgan fingerprint density at radius 3 is 2.72 bits per heavy atom. The molecule has 6 heteroatoms. The van der Waals surface area contributed by atoms with Crippen LogP contribution in [0.2, 0.25) is 0 Å². The number of guanidine groups is 1. The molecule has 0 bridgehead atoms. The number of aliphatic imine (C=N–C) groups is 1. The molecule has 0 saturated carbocycles. The maximum atomic E-state index is 5.92. The Morgan fingerprint density at radius 1 is 1.04 bits per heavy atom. The lowest BCUT2D eigenvalue weighted by Crippen LogP contribution is -2.33. The lowest BCUT2D eigenvalue weighted by Gasteiger charge is -2.03. The van der Waals surface area contributed by atoms with Gasteiger partial charge < -0.3 is 11.1 Å². The monoisotopic (exact) mass is 370 g/mol. The van der Waals surface area contributed by atoms with Gasteiger partial charge in [-0.2, -0.15) is 0 Å². The van der Waals surface area contributed by atoms with E-state index < -0.39 is 0 Å². The zero-order chi connectivity index (χ0) is 17.3. The van der Waals surface area contributed by atoms with E-state index in [0.717, 1.165) is 36.5 Å². The summed E-state index contributed by atoms with van der Waals surface area (Å²) in [4.78, 5) is 10.4. The Morgan fingerprint density at radius 2 is 1.92 bits per heavy atom. The molecule has 0 spiro atoms. The Labute approximate surface area is 156 Å². The maximum absolute atomic E-state index is 5.92. The quantitative estimate of drug-likeness (QED) is 0.470. The van der Waals surface area contributed by atoms with Crippen LogP contribution in [0.5, 0.6) is 0 Å². The molecule has 0 aliphatic carbocycles. The van der Waals surface area contributed by atoms with E-state index in [9.17, 15) is 0 Å². The summed E-state index contributed by atoms with van der Waals surface area (Å²) in [6.45, 7) is 1.33. The van der Waals surface area contributed by atoms with E-state index >= 15 is 0 Å². The van der Waals surface area contributed by atoms with Crippen molar-refractivity contribution in [3.63, 3.8) is 0 Å². The van der Waals surface area contributed by atoms with Crippen molar-refractivity contribution in [2.45, 2.75) is 25.8 Å². The molecule has 0 saturated heterocycles. The van der Waals surface area contributed by atoms with Gasteiger partial charge in [-0.1, -0.05) is 36.4 Å². The highest BCUT2D eigenvalue weighted by Crippen LogP contribution is 2.14. The molecule has 0 aliphatic heterocycles. The third-order valence-electron chi connectivity index (χ3n) is 3.74. The van der Waals surface area contributed by atoms with Crippen LogP contribution < -0.4 is 11.1 Å². The first-order chi connectivity index (χ1) is 12.3. The van der Waals surface area contributed by atoms with Crippen LogP contribution >= 0.6 is 22.7 Å². The highest BCUT2D eigenvalue weighted by atomic mass is 32.1. The fourth-order valence-corrected chi connectivity index (χ4v) is 3.92. The molecule has 0 unspecified atom stereocenters. The van der Waals surface area contributed by atoms with Gasteiger partial charge in [0, 0.05) is 23.2 Å². The zero-order valence-electron chi connectivity index (χ0n) is 14.0. The summed E-state index contributed by atoms with van der Waals surface area (Å²) in [5, 5.41) is 8.47. The van der Waals surface area contributed by atoms with Gasteiger partial charge in [-0.3, -0.25) is 0 Å². The fourth-order valence-electron chi connectivity index (χ4n) is 2.42. The number of thiazole rings is 1. The maximum Gasteiger partial charge on any atom is 0.188 e. The molecule has 0 atom stereocenters. The predicted molar refractivity (Wildman–Crippen MR) is 107 cm³/mol. The smallest absolute Gasteiger partial charge is 0.188 e. The molecule has 0 fully saturated rings. The number of thiophene rings is 1. The highest BCUT2D eigenvalue weighted by molar-refractivity contribution is 7.10. The van der Waals surface area contributed by atoms with Crippen molar-refractivity contribution >= 4 is 28.6 Å². The van der Waals surface area contributed by atoms with E-state index in [4.69, 9.17) is 5.73 Å². The molecule has 2 aromatic heterocycles. The van der Waals surface area contributed by atoms with Crippen LogP contribution in [0.3, 0.4) is 0 Å². The van der Waals surface area contributed by atoms with Crippen LogP contribution in [0.4, 0.5) is 0 Å². The minimum Gasteiger partial charge on any atom is -0.370 e. The second-order valence-corrected chi connectivity index (χ2v) is 7.65. The van der Waals surface area contributed by atoms with Gasteiger partial charge in [-0.05, 0) is 29.9 Å². The third-order valence-corrected chi connectivity index (χ3v) is 5.63. The van der Waals surface area contributed by atoms with E-state index in [1.165, 1.54) is 10.4 Å². The SMILES string of the molecule is NC(=NCc1csc(CCc2ccccc2)n1)NCCc1cccs1. The molecular formula is C19H22N4S2. The number of aryl methyl sites for hydroxylation is 2. The second kappa shape index (κ2) is 9.34. The minimum atomic E-state index is 0.482. The van der Waals surface area contributed by atoms with Crippen LogP contribution in [-0.2, 0) is 25.8 Å². The number of benzene rings is 1. The molecule has 2 heterocycles. The van der Waals surface area contributed by atoms with Gasteiger partial charge in [0.15, 0.2) is 5.96 Å². The zero-order valence-corrected chi connectivity index (χ0v) is 15.7. The summed E-state index contributed by atoms with van der Waals surface area (Å²) >= 11 is 3.46. The number of hydrogen-bond donors (Lipinski definition) is 2. The van der Waals surface area contributed by atoms with Crippen molar-refractivity contribution < 1.29 is 0 Å². The fraction of sp³-hybridized carbons (Fsp3) is 0.263. The summed E-state index contributed by atoms with van der Waals surface area (Å²) in [6.07, 6.45) is 2.95. The number of nitrogens with zero attached hydrogens (tertiary/aromatic N) is 2. The first kappa shape index (κ1) is 17.6. The van der Waals surface area contributed by atoms with Crippen molar-refractivity contribution in [1.29, 1.82) is 0 Å². The first-order valence-corrected chi connectivity index (χ1v) is 10.1. The van der Waals surface area contributed by atoms with Crippen LogP contribution in [0.15, 0.2) is 58.2 Å². The largest absolute Gasteiger partial charge is 0.370 e. The number of nitrogens with two attached hydrogens (primary N) is 1. The summed E-state index contributed by atoms with van der Waals surface area (Å²) in [6, 6.07) is 14.7. The van der Waals surface area contributed by atoms with E-state index in [1.807, 2.05) is 6.07 Å². The van der Waals surface area contributed by atoms with Crippen molar-refractivity contribution in [3.05, 3.63) is 74.4 Å². The van der Waals surface area contributed by atoms with E-state index in [1.54, 1.807) is 22.7 Å². The van der Waals surface area contributed by atoms with Gasteiger partial charge in [0.2, 0.25) is 0 Å². The van der Waals surface area contributed by atoms with Crippen LogP contribution in [0.25, 0.3) is 0 Å². The molecule has 0 aliphatic rings. The highest BCUT2D eigenvalue weighted by Gasteiger charge is 2.03.